The molecule has 1 atom stereocenters. The van der Waals surface area contributed by atoms with Crippen molar-refractivity contribution in [1.82, 2.24) is 0 Å². The zero-order valence-electron chi connectivity index (χ0n) is 11.9. The van der Waals surface area contributed by atoms with Crippen molar-refractivity contribution in [1.29, 1.82) is 0 Å². The van der Waals surface area contributed by atoms with Gasteiger partial charge in [-0.2, -0.15) is 0 Å². The number of ether oxygens (including phenoxy) is 1. The Hall–Kier alpha value is -1.03. The van der Waals surface area contributed by atoms with Gasteiger partial charge >= 0.3 is 0 Å². The van der Waals surface area contributed by atoms with Gasteiger partial charge in [0.1, 0.15) is 17.5 Å². The molecular formula is C17H16BrClO2. The molecule has 0 bridgehead atoms. The molecule has 1 heterocycles. The highest BCUT2D eigenvalue weighted by Gasteiger charge is 2.30. The lowest BCUT2D eigenvalue weighted by Gasteiger charge is -2.16. The van der Waals surface area contributed by atoms with Gasteiger partial charge in [-0.25, -0.2) is 0 Å². The third-order valence-electron chi connectivity index (χ3n) is 3.68. The average molecular weight is 368 g/mol. The predicted molar refractivity (Wildman–Crippen MR) is 88.1 cm³/mol. The SMILES string of the molecule is CC1(C)Cc2cc(C(O)c3cccc(Br)c3Cl)ccc2O1. The minimum absolute atomic E-state index is 0.181. The minimum atomic E-state index is -0.746. The van der Waals surface area contributed by atoms with Crippen LogP contribution in [0, 0.1) is 0 Å². The normalized spacial score (nSPS) is 17.2. The van der Waals surface area contributed by atoms with E-state index in [-0.39, 0.29) is 5.60 Å². The molecule has 0 spiro atoms. The van der Waals surface area contributed by atoms with Crippen molar-refractivity contribution in [3.63, 3.8) is 0 Å². The van der Waals surface area contributed by atoms with Crippen LogP contribution in [0.1, 0.15) is 36.6 Å². The second-order valence-electron chi connectivity index (χ2n) is 5.95. The Morgan fingerprint density at radius 3 is 2.81 bits per heavy atom. The van der Waals surface area contributed by atoms with Crippen LogP contribution < -0.4 is 4.74 Å². The first kappa shape index (κ1) is 14.9. The van der Waals surface area contributed by atoms with Crippen LogP contribution in [-0.4, -0.2) is 10.7 Å². The molecule has 2 nitrogen and oxygen atoms in total. The number of hydrogen-bond donors (Lipinski definition) is 1. The van der Waals surface area contributed by atoms with Crippen molar-refractivity contribution in [3.8, 4) is 5.75 Å². The summed E-state index contributed by atoms with van der Waals surface area (Å²) in [5, 5.41) is 11.2. The summed E-state index contributed by atoms with van der Waals surface area (Å²) in [5.74, 6) is 0.899. The monoisotopic (exact) mass is 366 g/mol. The number of aliphatic hydroxyl groups excluding tert-OH is 1. The van der Waals surface area contributed by atoms with Crippen LogP contribution in [0.4, 0.5) is 0 Å². The largest absolute Gasteiger partial charge is 0.487 e. The number of rotatable bonds is 2. The van der Waals surface area contributed by atoms with Gasteiger partial charge in [0, 0.05) is 16.5 Å². The molecule has 3 rings (SSSR count). The zero-order valence-corrected chi connectivity index (χ0v) is 14.2. The fraction of sp³-hybridized carbons (Fsp3) is 0.294. The van der Waals surface area contributed by atoms with E-state index in [0.717, 1.165) is 27.8 Å². The van der Waals surface area contributed by atoms with Gasteiger partial charge < -0.3 is 9.84 Å². The Balaban J connectivity index is 1.97. The topological polar surface area (TPSA) is 29.5 Å². The number of fused-ring (bicyclic) bond motifs is 1. The first-order chi connectivity index (χ1) is 9.87. The van der Waals surface area contributed by atoms with Crippen molar-refractivity contribution in [3.05, 3.63) is 62.6 Å². The van der Waals surface area contributed by atoms with Gasteiger partial charge in [-0.3, -0.25) is 0 Å². The molecule has 1 unspecified atom stereocenters. The van der Waals surface area contributed by atoms with Gasteiger partial charge in [-0.1, -0.05) is 29.8 Å². The van der Waals surface area contributed by atoms with E-state index in [2.05, 4.69) is 29.8 Å². The van der Waals surface area contributed by atoms with Crippen molar-refractivity contribution >= 4 is 27.5 Å². The van der Waals surface area contributed by atoms with Crippen LogP contribution in [-0.2, 0) is 6.42 Å². The van der Waals surface area contributed by atoms with Crippen molar-refractivity contribution in [2.75, 3.05) is 0 Å². The Labute approximate surface area is 137 Å². The Morgan fingerprint density at radius 1 is 1.29 bits per heavy atom. The van der Waals surface area contributed by atoms with E-state index in [1.807, 2.05) is 36.4 Å². The first-order valence-electron chi connectivity index (χ1n) is 6.81. The summed E-state index contributed by atoms with van der Waals surface area (Å²) in [6.07, 6.45) is 0.0961. The van der Waals surface area contributed by atoms with Crippen molar-refractivity contribution in [2.24, 2.45) is 0 Å². The van der Waals surface area contributed by atoms with Crippen molar-refractivity contribution < 1.29 is 9.84 Å². The summed E-state index contributed by atoms with van der Waals surface area (Å²) in [6, 6.07) is 11.4. The van der Waals surface area contributed by atoms with E-state index in [1.54, 1.807) is 0 Å². The molecule has 0 fully saturated rings. The molecule has 0 saturated heterocycles. The standard InChI is InChI=1S/C17H16BrClO2/c1-17(2)9-11-8-10(6-7-14(11)21-17)16(20)12-4-3-5-13(18)15(12)19/h3-8,16,20H,9H2,1-2H3. The first-order valence-corrected chi connectivity index (χ1v) is 7.98. The third kappa shape index (κ3) is 2.83. The summed E-state index contributed by atoms with van der Waals surface area (Å²) >= 11 is 9.66. The maximum Gasteiger partial charge on any atom is 0.123 e. The zero-order chi connectivity index (χ0) is 15.2. The third-order valence-corrected chi connectivity index (χ3v) is 4.99. The molecule has 0 aliphatic carbocycles. The molecule has 2 aromatic carbocycles. The molecule has 0 saturated carbocycles. The molecule has 1 aliphatic heterocycles. The Morgan fingerprint density at radius 2 is 2.05 bits per heavy atom. The number of hydrogen-bond acceptors (Lipinski definition) is 2. The molecule has 4 heteroatoms. The highest BCUT2D eigenvalue weighted by Crippen LogP contribution is 2.38. The minimum Gasteiger partial charge on any atom is -0.487 e. The smallest absolute Gasteiger partial charge is 0.123 e. The van der Waals surface area contributed by atoms with E-state index < -0.39 is 6.10 Å². The molecule has 110 valence electrons. The lowest BCUT2D eigenvalue weighted by Crippen LogP contribution is -2.24. The van der Waals surface area contributed by atoms with Crippen LogP contribution in [0.2, 0.25) is 5.02 Å². The van der Waals surface area contributed by atoms with Gasteiger partial charge in [-0.15, -0.1) is 0 Å². The molecule has 21 heavy (non-hydrogen) atoms. The van der Waals surface area contributed by atoms with Crippen LogP contribution in [0.3, 0.4) is 0 Å². The Kier molecular flexibility index (Phi) is 3.76. The van der Waals surface area contributed by atoms with Gasteiger partial charge in [0.15, 0.2) is 0 Å². The summed E-state index contributed by atoms with van der Waals surface area (Å²) in [7, 11) is 0. The van der Waals surface area contributed by atoms with Crippen molar-refractivity contribution in [2.45, 2.75) is 32.0 Å². The molecule has 0 amide bonds. The van der Waals surface area contributed by atoms with E-state index in [4.69, 9.17) is 16.3 Å². The summed E-state index contributed by atoms with van der Waals surface area (Å²) in [4.78, 5) is 0. The second-order valence-corrected chi connectivity index (χ2v) is 7.18. The molecule has 1 aliphatic rings. The average Bonchev–Trinajstić information content (AvgIpc) is 2.73. The fourth-order valence-electron chi connectivity index (χ4n) is 2.71. The van der Waals surface area contributed by atoms with Crippen LogP contribution in [0.5, 0.6) is 5.75 Å². The second kappa shape index (κ2) is 5.31. The van der Waals surface area contributed by atoms with E-state index in [9.17, 15) is 5.11 Å². The van der Waals surface area contributed by atoms with E-state index in [0.29, 0.717) is 10.6 Å². The lowest BCUT2D eigenvalue weighted by molar-refractivity contribution is 0.138. The molecule has 1 N–H and O–H groups in total. The fourth-order valence-corrected chi connectivity index (χ4v) is 3.32. The van der Waals surface area contributed by atoms with Crippen LogP contribution in [0.25, 0.3) is 0 Å². The maximum atomic E-state index is 10.6. The number of halogens is 2. The van der Waals surface area contributed by atoms with Gasteiger partial charge in [-0.05, 0) is 59.1 Å². The van der Waals surface area contributed by atoms with Gasteiger partial charge in [0.25, 0.3) is 0 Å². The summed E-state index contributed by atoms with van der Waals surface area (Å²) in [5.41, 5.74) is 2.47. The quantitative estimate of drug-likeness (QED) is 0.818. The summed E-state index contributed by atoms with van der Waals surface area (Å²) in [6.45, 7) is 4.13. The molecular weight excluding hydrogens is 352 g/mol. The Bertz CT molecular complexity index is 697. The molecule has 2 aromatic rings. The summed E-state index contributed by atoms with van der Waals surface area (Å²) < 4.78 is 6.65. The maximum absolute atomic E-state index is 10.6. The highest BCUT2D eigenvalue weighted by molar-refractivity contribution is 9.10. The predicted octanol–water partition coefficient (Wildman–Crippen LogP) is 4.90. The molecule has 0 radical (unpaired) electrons. The lowest BCUT2D eigenvalue weighted by atomic mass is 9.96. The molecule has 0 aromatic heterocycles. The number of aliphatic hydroxyl groups is 1. The van der Waals surface area contributed by atoms with Crippen LogP contribution >= 0.6 is 27.5 Å². The highest BCUT2D eigenvalue weighted by atomic mass is 79.9. The van der Waals surface area contributed by atoms with E-state index in [1.165, 1.54) is 0 Å². The van der Waals surface area contributed by atoms with E-state index >= 15 is 0 Å². The van der Waals surface area contributed by atoms with Gasteiger partial charge in [0.2, 0.25) is 0 Å². The van der Waals surface area contributed by atoms with Gasteiger partial charge in [0.05, 0.1) is 5.02 Å². The van der Waals surface area contributed by atoms with Crippen LogP contribution in [0.15, 0.2) is 40.9 Å². The number of benzene rings is 2.